The van der Waals surface area contributed by atoms with E-state index in [1.807, 2.05) is 20.8 Å². The first kappa shape index (κ1) is 17.0. The van der Waals surface area contributed by atoms with Crippen molar-refractivity contribution in [1.29, 1.82) is 0 Å². The molecule has 2 fully saturated rings. The van der Waals surface area contributed by atoms with Gasteiger partial charge < -0.3 is 15.2 Å². The summed E-state index contributed by atoms with van der Waals surface area (Å²) in [7, 11) is 0. The number of hydrogen-bond donors (Lipinski definition) is 2. The molecule has 2 N–H and O–H groups in total. The molecule has 1 aromatic rings. The van der Waals surface area contributed by atoms with Crippen LogP contribution in [0.25, 0.3) is 0 Å². The summed E-state index contributed by atoms with van der Waals surface area (Å²) in [4.78, 5) is 13.0. The molecule has 1 aromatic heterocycles. The SMILES string of the molecule is CCn1nc2c(c1C(=O)NCC1(C3(O)CCC3)CC1)C[C@H](C)O[C@@H]2C. The maximum absolute atomic E-state index is 13.0. The second kappa shape index (κ2) is 5.81. The van der Waals surface area contributed by atoms with Crippen LogP contribution < -0.4 is 5.32 Å². The lowest BCUT2D eigenvalue weighted by Crippen LogP contribution is -2.51. The van der Waals surface area contributed by atoms with Gasteiger partial charge in [-0.25, -0.2) is 0 Å². The Morgan fingerprint density at radius 2 is 2.08 bits per heavy atom. The predicted octanol–water partition coefficient (Wildman–Crippen LogP) is 2.35. The van der Waals surface area contributed by atoms with Crippen LogP contribution in [0.4, 0.5) is 0 Å². The van der Waals surface area contributed by atoms with Gasteiger partial charge in [-0.3, -0.25) is 9.48 Å². The van der Waals surface area contributed by atoms with Crippen molar-refractivity contribution in [3.63, 3.8) is 0 Å². The van der Waals surface area contributed by atoms with Gasteiger partial charge in [-0.1, -0.05) is 0 Å². The number of hydrogen-bond acceptors (Lipinski definition) is 4. The summed E-state index contributed by atoms with van der Waals surface area (Å²) in [6.45, 7) is 7.26. The van der Waals surface area contributed by atoms with E-state index in [2.05, 4.69) is 10.4 Å². The molecule has 138 valence electrons. The van der Waals surface area contributed by atoms with Crippen molar-refractivity contribution in [2.24, 2.45) is 5.41 Å². The number of ether oxygens (including phenoxy) is 1. The molecule has 0 aromatic carbocycles. The molecule has 0 unspecified atom stereocenters. The van der Waals surface area contributed by atoms with Crippen LogP contribution in [0.2, 0.25) is 0 Å². The quantitative estimate of drug-likeness (QED) is 0.857. The number of fused-ring (bicyclic) bond motifs is 1. The lowest BCUT2D eigenvalue weighted by atomic mass is 9.69. The third kappa shape index (κ3) is 2.61. The first-order chi connectivity index (χ1) is 11.9. The maximum Gasteiger partial charge on any atom is 0.269 e. The van der Waals surface area contributed by atoms with Gasteiger partial charge in [0.2, 0.25) is 0 Å². The third-order valence-electron chi connectivity index (χ3n) is 6.52. The first-order valence-corrected chi connectivity index (χ1v) is 9.65. The lowest BCUT2D eigenvalue weighted by molar-refractivity contribution is -0.0948. The molecule has 0 radical (unpaired) electrons. The molecule has 1 aliphatic heterocycles. The van der Waals surface area contributed by atoms with E-state index in [1.165, 1.54) is 0 Å². The molecule has 0 spiro atoms. The summed E-state index contributed by atoms with van der Waals surface area (Å²) in [5.74, 6) is -0.0638. The fourth-order valence-electron chi connectivity index (χ4n) is 4.61. The van der Waals surface area contributed by atoms with Crippen molar-refractivity contribution in [2.75, 3.05) is 6.54 Å². The van der Waals surface area contributed by atoms with Gasteiger partial charge in [0.15, 0.2) is 0 Å². The molecular formula is C19H29N3O3. The van der Waals surface area contributed by atoms with E-state index in [-0.39, 0.29) is 23.5 Å². The Balaban J connectivity index is 1.54. The smallest absolute Gasteiger partial charge is 0.269 e. The molecule has 4 rings (SSSR count). The Morgan fingerprint density at radius 1 is 1.36 bits per heavy atom. The van der Waals surface area contributed by atoms with E-state index in [1.54, 1.807) is 4.68 Å². The third-order valence-corrected chi connectivity index (χ3v) is 6.52. The zero-order valence-corrected chi connectivity index (χ0v) is 15.5. The largest absolute Gasteiger partial charge is 0.389 e. The van der Waals surface area contributed by atoms with Crippen LogP contribution in [0.15, 0.2) is 0 Å². The maximum atomic E-state index is 13.0. The minimum absolute atomic E-state index is 0.0638. The highest BCUT2D eigenvalue weighted by atomic mass is 16.5. The number of aliphatic hydroxyl groups is 1. The van der Waals surface area contributed by atoms with Crippen LogP contribution in [0.3, 0.4) is 0 Å². The van der Waals surface area contributed by atoms with Crippen molar-refractivity contribution >= 4 is 5.91 Å². The number of nitrogens with zero attached hydrogens (tertiary/aromatic N) is 2. The van der Waals surface area contributed by atoms with Crippen LogP contribution >= 0.6 is 0 Å². The first-order valence-electron chi connectivity index (χ1n) is 9.65. The van der Waals surface area contributed by atoms with Gasteiger partial charge in [-0.2, -0.15) is 5.10 Å². The van der Waals surface area contributed by atoms with Crippen molar-refractivity contribution in [1.82, 2.24) is 15.1 Å². The molecule has 1 amide bonds. The summed E-state index contributed by atoms with van der Waals surface area (Å²) in [6, 6.07) is 0. The molecule has 3 aliphatic rings. The Hall–Kier alpha value is -1.40. The van der Waals surface area contributed by atoms with Crippen LogP contribution in [0.1, 0.15) is 80.7 Å². The topological polar surface area (TPSA) is 76.4 Å². The van der Waals surface area contributed by atoms with E-state index >= 15 is 0 Å². The van der Waals surface area contributed by atoms with Gasteiger partial charge in [-0.15, -0.1) is 0 Å². The number of carbonyl (C=O) groups is 1. The Kier molecular flexibility index (Phi) is 3.96. The average molecular weight is 347 g/mol. The van der Waals surface area contributed by atoms with E-state index < -0.39 is 5.60 Å². The molecule has 0 bridgehead atoms. The molecule has 0 saturated heterocycles. The Bertz CT molecular complexity index is 688. The van der Waals surface area contributed by atoms with Gasteiger partial charge in [0.25, 0.3) is 5.91 Å². The lowest BCUT2D eigenvalue weighted by Gasteiger charge is -2.44. The van der Waals surface area contributed by atoms with E-state index in [0.717, 1.165) is 49.8 Å². The number of aromatic nitrogens is 2. The summed E-state index contributed by atoms with van der Waals surface area (Å²) >= 11 is 0. The average Bonchev–Trinajstić information content (AvgIpc) is 3.25. The van der Waals surface area contributed by atoms with E-state index in [4.69, 9.17) is 4.74 Å². The van der Waals surface area contributed by atoms with Crippen LogP contribution in [-0.4, -0.2) is 39.0 Å². The normalized spacial score (nSPS) is 28.8. The fourth-order valence-corrected chi connectivity index (χ4v) is 4.61. The van der Waals surface area contributed by atoms with Crippen molar-refractivity contribution in [2.45, 2.75) is 83.6 Å². The van der Waals surface area contributed by atoms with Crippen molar-refractivity contribution < 1.29 is 14.6 Å². The number of nitrogens with one attached hydrogen (secondary N) is 1. The highest BCUT2D eigenvalue weighted by Crippen LogP contribution is 2.60. The molecule has 2 heterocycles. The van der Waals surface area contributed by atoms with Gasteiger partial charge in [0.05, 0.1) is 23.5 Å². The Morgan fingerprint density at radius 3 is 2.64 bits per heavy atom. The predicted molar refractivity (Wildman–Crippen MR) is 93.4 cm³/mol. The van der Waals surface area contributed by atoms with Gasteiger partial charge in [0.1, 0.15) is 5.69 Å². The second-order valence-corrected chi connectivity index (χ2v) is 8.17. The van der Waals surface area contributed by atoms with E-state index in [0.29, 0.717) is 18.8 Å². The van der Waals surface area contributed by atoms with Crippen LogP contribution in [0.5, 0.6) is 0 Å². The number of carbonyl (C=O) groups excluding carboxylic acids is 1. The number of rotatable bonds is 5. The summed E-state index contributed by atoms with van der Waals surface area (Å²) < 4.78 is 7.66. The highest BCUT2D eigenvalue weighted by Gasteiger charge is 2.60. The molecular weight excluding hydrogens is 318 g/mol. The molecule has 2 atom stereocenters. The van der Waals surface area contributed by atoms with Gasteiger partial charge >= 0.3 is 0 Å². The molecule has 6 heteroatoms. The van der Waals surface area contributed by atoms with Crippen molar-refractivity contribution in [3.05, 3.63) is 17.0 Å². The molecule has 6 nitrogen and oxygen atoms in total. The second-order valence-electron chi connectivity index (χ2n) is 8.17. The number of amides is 1. The minimum Gasteiger partial charge on any atom is -0.389 e. The molecule has 25 heavy (non-hydrogen) atoms. The van der Waals surface area contributed by atoms with Crippen LogP contribution in [0, 0.1) is 5.41 Å². The number of aryl methyl sites for hydroxylation is 1. The van der Waals surface area contributed by atoms with E-state index in [9.17, 15) is 9.90 Å². The zero-order chi connectivity index (χ0) is 17.8. The van der Waals surface area contributed by atoms with Gasteiger partial charge in [0, 0.05) is 30.5 Å². The van der Waals surface area contributed by atoms with Crippen LogP contribution in [-0.2, 0) is 17.7 Å². The summed E-state index contributed by atoms with van der Waals surface area (Å²) in [5, 5.41) is 18.5. The Labute approximate surface area is 148 Å². The fraction of sp³-hybridized carbons (Fsp3) is 0.789. The van der Waals surface area contributed by atoms with Gasteiger partial charge in [-0.05, 0) is 52.9 Å². The summed E-state index contributed by atoms with van der Waals surface area (Å²) in [6.07, 6.45) is 5.59. The van der Waals surface area contributed by atoms with Crippen molar-refractivity contribution in [3.8, 4) is 0 Å². The highest BCUT2D eigenvalue weighted by molar-refractivity contribution is 5.94. The molecule has 2 saturated carbocycles. The molecule has 2 aliphatic carbocycles. The minimum atomic E-state index is -0.554. The zero-order valence-electron chi connectivity index (χ0n) is 15.5. The monoisotopic (exact) mass is 347 g/mol. The summed E-state index contributed by atoms with van der Waals surface area (Å²) in [5.41, 5.74) is 1.95. The standard InChI is InChI=1S/C19H29N3O3/c1-4-22-16(14-10-12(2)25-13(3)15(14)21-22)17(23)20-11-18(8-9-18)19(24)6-5-7-19/h12-13,24H,4-11H2,1-3H3,(H,20,23)/t12-,13+/m0/s1.